The molecule has 0 fully saturated rings. The van der Waals surface area contributed by atoms with Crippen molar-refractivity contribution in [1.29, 1.82) is 0 Å². The van der Waals surface area contributed by atoms with Gasteiger partial charge in [0, 0.05) is 13.1 Å². The first kappa shape index (κ1) is 10.2. The zero-order valence-electron chi connectivity index (χ0n) is 5.80. The third kappa shape index (κ3) is 2.45. The Labute approximate surface area is 84.3 Å². The summed E-state index contributed by atoms with van der Waals surface area (Å²) in [6.07, 6.45) is 1.91. The molecule has 52 valence electrons. The van der Waals surface area contributed by atoms with Crippen LogP contribution >= 0.6 is 0 Å². The molecule has 0 saturated heterocycles. The van der Waals surface area contributed by atoms with E-state index in [-0.39, 0.29) is 29.6 Å². The van der Waals surface area contributed by atoms with Gasteiger partial charge in [-0.15, -0.1) is 6.58 Å². The first-order valence-electron chi connectivity index (χ1n) is 3.21. The second-order valence-corrected chi connectivity index (χ2v) is 2.16. The molecule has 2 nitrogen and oxygen atoms in total. The van der Waals surface area contributed by atoms with Crippen LogP contribution in [0.5, 0.6) is 0 Å². The molecule has 0 N–H and O–H groups in total. The first-order valence-corrected chi connectivity index (χ1v) is 3.21. The summed E-state index contributed by atoms with van der Waals surface area (Å²) in [4.78, 5) is 6.45. The summed E-state index contributed by atoms with van der Waals surface area (Å²) < 4.78 is 0. The normalized spacial score (nSPS) is 16.1. The maximum atomic E-state index is 4.23. The molecule has 10 heavy (non-hydrogen) atoms. The number of nitrogens with zero attached hydrogens (tertiary/aromatic N) is 2. The van der Waals surface area contributed by atoms with Crippen LogP contribution in [0.4, 0.5) is 0 Å². The Morgan fingerprint density at radius 1 is 1.80 bits per heavy atom. The van der Waals surface area contributed by atoms with Crippen molar-refractivity contribution in [3.63, 3.8) is 0 Å². The Kier molecular flexibility index (Phi) is 5.04. The third-order valence-electron chi connectivity index (χ3n) is 1.52. The Morgan fingerprint density at radius 2 is 2.50 bits per heavy atom. The minimum atomic E-state index is 0. The van der Waals surface area contributed by atoms with E-state index in [0.29, 0.717) is 0 Å². The number of amidine groups is 1. The van der Waals surface area contributed by atoms with Crippen LogP contribution in [-0.4, -0.2) is 59.9 Å². The van der Waals surface area contributed by atoms with Crippen molar-refractivity contribution in [1.82, 2.24) is 4.90 Å². The van der Waals surface area contributed by atoms with Crippen molar-refractivity contribution < 1.29 is 0 Å². The Morgan fingerprint density at radius 3 is 2.90 bits per heavy atom. The molecule has 0 aliphatic carbocycles. The summed E-state index contributed by atoms with van der Waals surface area (Å²) in [7, 11) is 0. The van der Waals surface area contributed by atoms with Crippen molar-refractivity contribution in [2.24, 2.45) is 4.99 Å². The van der Waals surface area contributed by atoms with Gasteiger partial charge in [0.15, 0.2) is 0 Å². The summed E-state index contributed by atoms with van der Waals surface area (Å²) in [5.74, 6) is 1.15. The molecule has 0 amide bonds. The first-order chi connectivity index (χ1) is 4.34. The standard InChI is InChI=1S/C7H12N2.Na.H/c1-3-5-9-6-4-8-7(9)2;;/h3H,1,4-6H2,2H3;;. The van der Waals surface area contributed by atoms with Gasteiger partial charge in [0.25, 0.3) is 0 Å². The molecule has 1 aliphatic rings. The summed E-state index contributed by atoms with van der Waals surface area (Å²) in [6.45, 7) is 8.67. The Bertz CT molecular complexity index is 143. The van der Waals surface area contributed by atoms with E-state index in [1.165, 1.54) is 0 Å². The van der Waals surface area contributed by atoms with Gasteiger partial charge in [0.05, 0.1) is 12.4 Å². The van der Waals surface area contributed by atoms with Crippen LogP contribution in [0.25, 0.3) is 0 Å². The zero-order chi connectivity index (χ0) is 6.69. The molecule has 0 aromatic heterocycles. The van der Waals surface area contributed by atoms with Gasteiger partial charge in [0.1, 0.15) is 0 Å². The van der Waals surface area contributed by atoms with E-state index in [4.69, 9.17) is 0 Å². The molecule has 0 atom stereocenters. The Balaban J connectivity index is 0.000000810. The van der Waals surface area contributed by atoms with Gasteiger partial charge >= 0.3 is 29.6 Å². The molecule has 3 heteroatoms. The summed E-state index contributed by atoms with van der Waals surface area (Å²) >= 11 is 0. The van der Waals surface area contributed by atoms with Gasteiger partial charge in [-0.05, 0) is 6.92 Å². The average molecular weight is 148 g/mol. The van der Waals surface area contributed by atoms with Crippen molar-refractivity contribution >= 4 is 35.4 Å². The molecule has 1 rings (SSSR count). The van der Waals surface area contributed by atoms with Gasteiger partial charge in [-0.25, -0.2) is 0 Å². The minimum absolute atomic E-state index is 0. The fourth-order valence-electron chi connectivity index (χ4n) is 0.974. The van der Waals surface area contributed by atoms with Crippen molar-refractivity contribution in [3.05, 3.63) is 12.7 Å². The fourth-order valence-corrected chi connectivity index (χ4v) is 0.974. The third-order valence-corrected chi connectivity index (χ3v) is 1.52. The van der Waals surface area contributed by atoms with Crippen molar-refractivity contribution in [2.45, 2.75) is 6.92 Å². The molecular weight excluding hydrogens is 135 g/mol. The molecule has 0 bridgehead atoms. The van der Waals surface area contributed by atoms with Gasteiger partial charge in [-0.1, -0.05) is 6.08 Å². The number of aliphatic imine (C=N–C) groups is 1. The van der Waals surface area contributed by atoms with E-state index in [1.54, 1.807) is 0 Å². The second-order valence-electron chi connectivity index (χ2n) is 2.16. The van der Waals surface area contributed by atoms with Crippen molar-refractivity contribution in [3.8, 4) is 0 Å². The predicted molar refractivity (Wildman–Crippen MR) is 46.9 cm³/mol. The number of hydrogen-bond donors (Lipinski definition) is 0. The monoisotopic (exact) mass is 148 g/mol. The van der Waals surface area contributed by atoms with Gasteiger partial charge < -0.3 is 4.90 Å². The molecule has 1 aliphatic heterocycles. The van der Waals surface area contributed by atoms with Crippen LogP contribution in [0, 0.1) is 0 Å². The molecule has 0 saturated carbocycles. The van der Waals surface area contributed by atoms with Crippen LogP contribution < -0.4 is 0 Å². The van der Waals surface area contributed by atoms with E-state index in [0.717, 1.165) is 25.5 Å². The SMILES string of the molecule is C=CCN1CCN=C1C.[NaH]. The average Bonchev–Trinajstić information content (AvgIpc) is 2.18. The van der Waals surface area contributed by atoms with Crippen LogP contribution in [-0.2, 0) is 0 Å². The summed E-state index contributed by atoms with van der Waals surface area (Å²) in [6, 6.07) is 0. The van der Waals surface area contributed by atoms with Crippen LogP contribution in [0.3, 0.4) is 0 Å². The maximum absolute atomic E-state index is 4.23. The summed E-state index contributed by atoms with van der Waals surface area (Å²) in [5, 5.41) is 0. The van der Waals surface area contributed by atoms with E-state index in [9.17, 15) is 0 Å². The van der Waals surface area contributed by atoms with Crippen LogP contribution in [0.1, 0.15) is 6.92 Å². The van der Waals surface area contributed by atoms with Crippen LogP contribution in [0.15, 0.2) is 17.6 Å². The summed E-state index contributed by atoms with van der Waals surface area (Å²) in [5.41, 5.74) is 0. The number of hydrogen-bond acceptors (Lipinski definition) is 2. The van der Waals surface area contributed by atoms with E-state index >= 15 is 0 Å². The van der Waals surface area contributed by atoms with Crippen LogP contribution in [0.2, 0.25) is 0 Å². The molecule has 1 heterocycles. The molecule has 0 unspecified atom stereocenters. The van der Waals surface area contributed by atoms with Gasteiger partial charge in [0.2, 0.25) is 0 Å². The molecule has 0 aromatic carbocycles. The quantitative estimate of drug-likeness (QED) is 0.405. The number of rotatable bonds is 2. The molecule has 0 spiro atoms. The van der Waals surface area contributed by atoms with Crippen molar-refractivity contribution in [2.75, 3.05) is 19.6 Å². The van der Waals surface area contributed by atoms with Gasteiger partial charge in [-0.2, -0.15) is 0 Å². The topological polar surface area (TPSA) is 15.6 Å². The zero-order valence-corrected chi connectivity index (χ0v) is 5.80. The van der Waals surface area contributed by atoms with Gasteiger partial charge in [-0.3, -0.25) is 4.99 Å². The van der Waals surface area contributed by atoms with E-state index in [1.807, 2.05) is 13.0 Å². The van der Waals surface area contributed by atoms with E-state index < -0.39 is 0 Å². The molecule has 0 aromatic rings. The molecular formula is C7H13N2Na. The molecule has 0 radical (unpaired) electrons. The Hall–Kier alpha value is 0.210. The predicted octanol–water partition coefficient (Wildman–Crippen LogP) is 0.258. The fraction of sp³-hybridized carbons (Fsp3) is 0.571. The van der Waals surface area contributed by atoms with E-state index in [2.05, 4.69) is 16.5 Å². The second kappa shape index (κ2) is 4.94.